The minimum atomic E-state index is -0.138. The Morgan fingerprint density at radius 1 is 0.968 bits per heavy atom. The third kappa shape index (κ3) is 3.69. The highest BCUT2D eigenvalue weighted by Gasteiger charge is 2.32. The smallest absolute Gasteiger partial charge is 0.326 e. The van der Waals surface area contributed by atoms with Crippen LogP contribution in [0.1, 0.15) is 42.2 Å². The minimum absolute atomic E-state index is 0.0187. The molecule has 2 aliphatic heterocycles. The Morgan fingerprint density at radius 2 is 1.65 bits per heavy atom. The van der Waals surface area contributed by atoms with Crippen molar-refractivity contribution in [3.63, 3.8) is 0 Å². The van der Waals surface area contributed by atoms with Gasteiger partial charge in [-0.2, -0.15) is 0 Å². The lowest BCUT2D eigenvalue weighted by molar-refractivity contribution is 0.0554. The number of rotatable bonds is 3. The van der Waals surface area contributed by atoms with Gasteiger partial charge in [0.25, 0.3) is 5.91 Å². The molecule has 5 rings (SSSR count). The fraction of sp³-hybridized carbons (Fsp3) is 0.455. The van der Waals surface area contributed by atoms with Crippen molar-refractivity contribution in [3.8, 4) is 0 Å². The van der Waals surface area contributed by atoms with Gasteiger partial charge >= 0.3 is 5.69 Å². The summed E-state index contributed by atoms with van der Waals surface area (Å²) >= 11 is 0. The van der Waals surface area contributed by atoms with E-state index in [9.17, 15) is 9.59 Å². The minimum Gasteiger partial charge on any atom is -0.382 e. The van der Waals surface area contributed by atoms with Crippen LogP contribution in [0.25, 0.3) is 11.0 Å². The van der Waals surface area contributed by atoms with E-state index >= 15 is 0 Å². The van der Waals surface area contributed by atoms with Crippen molar-refractivity contribution < 1.29 is 4.79 Å². The van der Waals surface area contributed by atoms with Gasteiger partial charge in [-0.3, -0.25) is 9.36 Å². The molecule has 0 unspecified atom stereocenters. The van der Waals surface area contributed by atoms with Crippen LogP contribution in [-0.2, 0) is 0 Å². The van der Waals surface area contributed by atoms with E-state index in [2.05, 4.69) is 19.9 Å². The summed E-state index contributed by atoms with van der Waals surface area (Å²) in [5.41, 5.74) is 7.92. The van der Waals surface area contributed by atoms with Gasteiger partial charge in [0.15, 0.2) is 11.5 Å². The fourth-order valence-corrected chi connectivity index (χ4v) is 5.04. The first-order valence-corrected chi connectivity index (χ1v) is 10.9. The van der Waals surface area contributed by atoms with Crippen molar-refractivity contribution in [2.24, 2.45) is 0 Å². The van der Waals surface area contributed by atoms with Gasteiger partial charge in [0, 0.05) is 50.7 Å². The average molecular weight is 422 g/mol. The first kappa shape index (κ1) is 19.7. The van der Waals surface area contributed by atoms with Crippen molar-refractivity contribution in [2.45, 2.75) is 37.8 Å². The van der Waals surface area contributed by atoms with E-state index in [1.807, 2.05) is 33.7 Å². The number of fused-ring (bicyclic) bond motifs is 1. The molecule has 2 fully saturated rings. The van der Waals surface area contributed by atoms with E-state index in [-0.39, 0.29) is 29.2 Å². The van der Waals surface area contributed by atoms with Gasteiger partial charge in [0.2, 0.25) is 0 Å². The molecule has 0 bridgehead atoms. The Balaban J connectivity index is 1.19. The van der Waals surface area contributed by atoms with Crippen LogP contribution in [0.4, 0.5) is 5.82 Å². The normalized spacial score (nSPS) is 19.2. The zero-order valence-corrected chi connectivity index (χ0v) is 17.4. The van der Waals surface area contributed by atoms with Gasteiger partial charge in [0.05, 0.1) is 11.0 Å². The molecule has 4 heterocycles. The average Bonchev–Trinajstić information content (AvgIpc) is 3.15. The fourth-order valence-electron chi connectivity index (χ4n) is 5.04. The predicted molar refractivity (Wildman–Crippen MR) is 118 cm³/mol. The van der Waals surface area contributed by atoms with Crippen LogP contribution in [0.5, 0.6) is 0 Å². The van der Waals surface area contributed by atoms with Crippen LogP contribution < -0.4 is 11.4 Å². The van der Waals surface area contributed by atoms with Crippen LogP contribution >= 0.6 is 0 Å². The summed E-state index contributed by atoms with van der Waals surface area (Å²) in [5, 5.41) is 0. The van der Waals surface area contributed by atoms with Gasteiger partial charge in [-0.25, -0.2) is 14.8 Å². The number of hydrogen-bond acceptors (Lipinski definition) is 6. The molecular formula is C22H27N7O2. The zero-order chi connectivity index (χ0) is 21.4. The third-order valence-corrected chi connectivity index (χ3v) is 6.69. The topological polar surface area (TPSA) is 113 Å². The molecule has 31 heavy (non-hydrogen) atoms. The molecule has 0 aliphatic carbocycles. The van der Waals surface area contributed by atoms with E-state index in [1.165, 1.54) is 12.4 Å². The number of nitrogens with two attached hydrogens (primary N) is 1. The van der Waals surface area contributed by atoms with Crippen molar-refractivity contribution >= 4 is 22.8 Å². The molecule has 0 radical (unpaired) electrons. The Morgan fingerprint density at radius 3 is 2.39 bits per heavy atom. The lowest BCUT2D eigenvalue weighted by atomic mass is 9.97. The standard InChI is InChI=1S/C22H27N7O2/c23-20-19(24-9-10-25-20)21(30)28-13-5-15(6-14-28)27-11-7-16(8-12-27)29-18-4-2-1-3-17(18)26-22(29)31/h1-4,9-10,15-16H,5-8,11-14H2,(H2,23,25)(H,26,31). The second-order valence-electron chi connectivity index (χ2n) is 8.40. The number of piperidine rings is 2. The Kier molecular flexibility index (Phi) is 5.19. The molecule has 2 aromatic heterocycles. The first-order chi connectivity index (χ1) is 15.1. The number of nitrogens with zero attached hydrogens (tertiary/aromatic N) is 5. The lowest BCUT2D eigenvalue weighted by Crippen LogP contribution is -2.49. The first-order valence-electron chi connectivity index (χ1n) is 10.9. The second-order valence-corrected chi connectivity index (χ2v) is 8.40. The molecule has 9 nitrogen and oxygen atoms in total. The van der Waals surface area contributed by atoms with Gasteiger partial charge in [0.1, 0.15) is 0 Å². The number of likely N-dealkylation sites (tertiary alicyclic amines) is 2. The second kappa shape index (κ2) is 8.14. The van der Waals surface area contributed by atoms with Crippen LogP contribution in [0.15, 0.2) is 41.5 Å². The quantitative estimate of drug-likeness (QED) is 0.665. The molecule has 9 heteroatoms. The molecule has 1 amide bonds. The van der Waals surface area contributed by atoms with E-state index in [4.69, 9.17) is 5.73 Å². The molecule has 0 atom stereocenters. The number of nitrogen functional groups attached to an aromatic ring is 1. The number of anilines is 1. The number of para-hydroxylation sites is 2. The van der Waals surface area contributed by atoms with Gasteiger partial charge in [-0.15, -0.1) is 0 Å². The van der Waals surface area contributed by atoms with Crippen molar-refractivity contribution in [3.05, 3.63) is 52.8 Å². The highest BCUT2D eigenvalue weighted by Crippen LogP contribution is 2.28. The van der Waals surface area contributed by atoms with Crippen molar-refractivity contribution in [1.29, 1.82) is 0 Å². The summed E-state index contributed by atoms with van der Waals surface area (Å²) in [6.07, 6.45) is 6.77. The number of hydrogen-bond donors (Lipinski definition) is 2. The van der Waals surface area contributed by atoms with Crippen LogP contribution in [0.3, 0.4) is 0 Å². The van der Waals surface area contributed by atoms with Gasteiger partial charge in [-0.05, 0) is 37.8 Å². The Labute approximate surface area is 179 Å². The lowest BCUT2D eigenvalue weighted by Gasteiger charge is -2.41. The number of carbonyl (C=O) groups excluding carboxylic acids is 1. The Bertz CT molecular complexity index is 1140. The largest absolute Gasteiger partial charge is 0.382 e. The number of amides is 1. The maximum atomic E-state index is 12.7. The van der Waals surface area contributed by atoms with Gasteiger partial charge < -0.3 is 20.5 Å². The number of carbonyl (C=O) groups is 1. The summed E-state index contributed by atoms with van der Waals surface area (Å²) in [5.74, 6) is 0.0469. The highest BCUT2D eigenvalue weighted by atomic mass is 16.2. The van der Waals surface area contributed by atoms with E-state index in [0.717, 1.165) is 49.8 Å². The molecule has 3 aromatic rings. The molecular weight excluding hydrogens is 394 g/mol. The zero-order valence-electron chi connectivity index (χ0n) is 17.4. The summed E-state index contributed by atoms with van der Waals surface area (Å²) in [6.45, 7) is 3.32. The number of benzene rings is 1. The maximum absolute atomic E-state index is 12.7. The molecule has 0 spiro atoms. The molecule has 2 aliphatic rings. The Hall–Kier alpha value is -3.20. The van der Waals surface area contributed by atoms with Crippen molar-refractivity contribution in [1.82, 2.24) is 29.3 Å². The molecule has 162 valence electrons. The molecule has 0 saturated carbocycles. The summed E-state index contributed by atoms with van der Waals surface area (Å²) in [6, 6.07) is 8.57. The van der Waals surface area contributed by atoms with Gasteiger partial charge in [-0.1, -0.05) is 12.1 Å². The van der Waals surface area contributed by atoms with Crippen LogP contribution in [0, 0.1) is 0 Å². The number of aromatic amines is 1. The summed E-state index contributed by atoms with van der Waals surface area (Å²) < 4.78 is 1.93. The van der Waals surface area contributed by atoms with E-state index in [0.29, 0.717) is 19.1 Å². The number of nitrogens with one attached hydrogen (secondary N) is 1. The maximum Gasteiger partial charge on any atom is 0.326 e. The number of H-pyrrole nitrogens is 1. The monoisotopic (exact) mass is 421 g/mol. The number of aromatic nitrogens is 4. The third-order valence-electron chi connectivity index (χ3n) is 6.69. The van der Waals surface area contributed by atoms with E-state index < -0.39 is 0 Å². The summed E-state index contributed by atoms with van der Waals surface area (Å²) in [7, 11) is 0. The van der Waals surface area contributed by atoms with Crippen molar-refractivity contribution in [2.75, 3.05) is 31.9 Å². The van der Waals surface area contributed by atoms with Crippen LogP contribution in [-0.4, -0.2) is 67.4 Å². The van der Waals surface area contributed by atoms with Crippen LogP contribution in [0.2, 0.25) is 0 Å². The van der Waals surface area contributed by atoms with E-state index in [1.54, 1.807) is 0 Å². The summed E-state index contributed by atoms with van der Waals surface area (Å²) in [4.78, 5) is 40.6. The molecule has 2 saturated heterocycles. The molecule has 1 aromatic carbocycles. The predicted octanol–water partition coefficient (Wildman–Crippen LogP) is 1.64. The number of imidazole rings is 1. The highest BCUT2D eigenvalue weighted by molar-refractivity contribution is 5.96. The molecule has 3 N–H and O–H groups in total. The SMILES string of the molecule is Nc1nccnc1C(=O)N1CCC(N2CCC(n3c(=O)[nH]c4ccccc43)CC2)CC1.